The Morgan fingerprint density at radius 1 is 1.67 bits per heavy atom. The third-order valence-corrected chi connectivity index (χ3v) is 2.60. The SMILES string of the molecule is CCC[C@H]1C(=O)NC2=CCN[C@@H]21. The lowest BCUT2D eigenvalue weighted by molar-refractivity contribution is -0.122. The van der Waals surface area contributed by atoms with Crippen LogP contribution < -0.4 is 10.6 Å². The number of hydrogen-bond donors (Lipinski definition) is 2. The fraction of sp³-hybridized carbons (Fsp3) is 0.667. The summed E-state index contributed by atoms with van der Waals surface area (Å²) in [5.41, 5.74) is 1.10. The Bertz CT molecular complexity index is 235. The van der Waals surface area contributed by atoms with E-state index in [0.29, 0.717) is 0 Å². The summed E-state index contributed by atoms with van der Waals surface area (Å²) >= 11 is 0. The van der Waals surface area contributed by atoms with Crippen LogP contribution in [0.3, 0.4) is 0 Å². The van der Waals surface area contributed by atoms with Gasteiger partial charge in [0.25, 0.3) is 0 Å². The molecule has 12 heavy (non-hydrogen) atoms. The second-order valence-electron chi connectivity index (χ2n) is 3.43. The average Bonchev–Trinajstić information content (AvgIpc) is 2.56. The van der Waals surface area contributed by atoms with Crippen LogP contribution in [0, 0.1) is 5.92 Å². The van der Waals surface area contributed by atoms with Gasteiger partial charge in [-0.05, 0) is 12.5 Å². The molecule has 2 N–H and O–H groups in total. The number of carbonyl (C=O) groups excluding carboxylic acids is 1. The predicted octanol–water partition coefficient (Wildman–Crippen LogP) is 0.388. The molecule has 0 saturated carbocycles. The molecule has 2 rings (SSSR count). The summed E-state index contributed by atoms with van der Waals surface area (Å²) in [4.78, 5) is 11.4. The molecule has 0 aromatic heterocycles. The number of rotatable bonds is 2. The Kier molecular flexibility index (Phi) is 1.89. The topological polar surface area (TPSA) is 41.1 Å². The van der Waals surface area contributed by atoms with Gasteiger partial charge >= 0.3 is 0 Å². The van der Waals surface area contributed by atoms with E-state index >= 15 is 0 Å². The molecule has 0 aromatic rings. The molecule has 66 valence electrons. The van der Waals surface area contributed by atoms with E-state index in [9.17, 15) is 4.79 Å². The molecule has 0 aromatic carbocycles. The quantitative estimate of drug-likeness (QED) is 0.623. The number of nitrogens with one attached hydrogen (secondary N) is 2. The van der Waals surface area contributed by atoms with Crippen molar-refractivity contribution >= 4 is 5.91 Å². The minimum absolute atomic E-state index is 0.170. The van der Waals surface area contributed by atoms with Gasteiger partial charge in [-0.25, -0.2) is 0 Å². The molecule has 2 aliphatic rings. The van der Waals surface area contributed by atoms with Crippen molar-refractivity contribution in [2.24, 2.45) is 5.92 Å². The van der Waals surface area contributed by atoms with E-state index in [1.54, 1.807) is 0 Å². The maximum Gasteiger partial charge on any atom is 0.229 e. The summed E-state index contributed by atoms with van der Waals surface area (Å²) in [7, 11) is 0. The van der Waals surface area contributed by atoms with Gasteiger partial charge in [-0.15, -0.1) is 0 Å². The summed E-state index contributed by atoms with van der Waals surface area (Å²) in [5, 5.41) is 6.22. The molecule has 0 bridgehead atoms. The maximum atomic E-state index is 11.4. The standard InChI is InChI=1S/C9H14N2O/c1-2-3-6-8-7(4-5-10-8)11-9(6)12/h4,6,8,10H,2-3,5H2,1H3,(H,11,12)/t6-,8-/m1/s1. The fourth-order valence-corrected chi connectivity index (χ4v) is 2.02. The van der Waals surface area contributed by atoms with Crippen molar-refractivity contribution in [3.05, 3.63) is 11.8 Å². The molecule has 2 atom stereocenters. The van der Waals surface area contributed by atoms with Crippen LogP contribution in [0.5, 0.6) is 0 Å². The van der Waals surface area contributed by atoms with E-state index in [1.165, 1.54) is 0 Å². The number of carbonyl (C=O) groups is 1. The zero-order chi connectivity index (χ0) is 8.55. The van der Waals surface area contributed by atoms with Gasteiger partial charge in [0.1, 0.15) is 0 Å². The monoisotopic (exact) mass is 166 g/mol. The van der Waals surface area contributed by atoms with E-state index in [1.807, 2.05) is 0 Å². The van der Waals surface area contributed by atoms with Crippen LogP contribution in [0.1, 0.15) is 19.8 Å². The number of fused-ring (bicyclic) bond motifs is 1. The van der Waals surface area contributed by atoms with Gasteiger partial charge in [0, 0.05) is 12.2 Å². The van der Waals surface area contributed by atoms with Crippen LogP contribution in [-0.2, 0) is 4.79 Å². The first-order valence-electron chi connectivity index (χ1n) is 4.57. The van der Waals surface area contributed by atoms with Crippen LogP contribution in [0.4, 0.5) is 0 Å². The summed E-state index contributed by atoms with van der Waals surface area (Å²) in [6, 6.07) is 0.289. The van der Waals surface area contributed by atoms with E-state index in [0.717, 1.165) is 25.1 Å². The summed E-state index contributed by atoms with van der Waals surface area (Å²) in [6.07, 6.45) is 4.13. The summed E-state index contributed by atoms with van der Waals surface area (Å²) in [6.45, 7) is 3.02. The number of hydrogen-bond acceptors (Lipinski definition) is 2. The zero-order valence-corrected chi connectivity index (χ0v) is 7.26. The number of amides is 1. The maximum absolute atomic E-state index is 11.4. The largest absolute Gasteiger partial charge is 0.328 e. The lowest BCUT2D eigenvalue weighted by atomic mass is 9.97. The Balaban J connectivity index is 2.13. The van der Waals surface area contributed by atoms with Crippen molar-refractivity contribution < 1.29 is 4.79 Å². The Hall–Kier alpha value is -0.830. The van der Waals surface area contributed by atoms with E-state index in [4.69, 9.17) is 0 Å². The summed E-state index contributed by atoms with van der Waals surface area (Å²) < 4.78 is 0. The minimum Gasteiger partial charge on any atom is -0.328 e. The second-order valence-corrected chi connectivity index (χ2v) is 3.43. The normalized spacial score (nSPS) is 33.1. The van der Waals surface area contributed by atoms with Crippen molar-refractivity contribution in [1.29, 1.82) is 0 Å². The Morgan fingerprint density at radius 3 is 3.25 bits per heavy atom. The molecule has 3 nitrogen and oxygen atoms in total. The lowest BCUT2D eigenvalue weighted by Crippen LogP contribution is -2.31. The highest BCUT2D eigenvalue weighted by Gasteiger charge is 2.39. The van der Waals surface area contributed by atoms with Gasteiger partial charge in [0.15, 0.2) is 0 Å². The highest BCUT2D eigenvalue weighted by Crippen LogP contribution is 2.25. The lowest BCUT2D eigenvalue weighted by Gasteiger charge is -2.12. The van der Waals surface area contributed by atoms with Crippen molar-refractivity contribution in [2.45, 2.75) is 25.8 Å². The van der Waals surface area contributed by atoms with Crippen LogP contribution in [0.15, 0.2) is 11.8 Å². The molecule has 1 amide bonds. The molecule has 1 saturated heterocycles. The Labute approximate surface area is 72.2 Å². The van der Waals surface area contributed by atoms with Gasteiger partial charge < -0.3 is 10.6 Å². The molecule has 2 aliphatic heterocycles. The molecule has 0 spiro atoms. The van der Waals surface area contributed by atoms with Crippen molar-refractivity contribution in [3.63, 3.8) is 0 Å². The highest BCUT2D eigenvalue weighted by molar-refractivity contribution is 5.85. The van der Waals surface area contributed by atoms with Gasteiger partial charge in [0.05, 0.1) is 12.0 Å². The van der Waals surface area contributed by atoms with Crippen LogP contribution in [-0.4, -0.2) is 18.5 Å². The molecule has 2 heterocycles. The third kappa shape index (κ3) is 1.05. The summed E-state index contributed by atoms with van der Waals surface area (Å²) in [5.74, 6) is 0.365. The van der Waals surface area contributed by atoms with E-state index in [2.05, 4.69) is 23.6 Å². The van der Waals surface area contributed by atoms with Crippen LogP contribution in [0.25, 0.3) is 0 Å². The van der Waals surface area contributed by atoms with Crippen LogP contribution in [0.2, 0.25) is 0 Å². The van der Waals surface area contributed by atoms with E-state index in [-0.39, 0.29) is 17.9 Å². The first-order valence-corrected chi connectivity index (χ1v) is 4.57. The molecule has 0 aliphatic carbocycles. The highest BCUT2D eigenvalue weighted by atomic mass is 16.2. The van der Waals surface area contributed by atoms with Crippen molar-refractivity contribution in [3.8, 4) is 0 Å². The second kappa shape index (κ2) is 2.90. The predicted molar refractivity (Wildman–Crippen MR) is 46.4 cm³/mol. The molecule has 0 radical (unpaired) electrons. The molecule has 3 heteroatoms. The van der Waals surface area contributed by atoms with Gasteiger partial charge in [-0.1, -0.05) is 13.3 Å². The first kappa shape index (κ1) is 7.80. The minimum atomic E-state index is 0.170. The van der Waals surface area contributed by atoms with Crippen molar-refractivity contribution in [1.82, 2.24) is 10.6 Å². The van der Waals surface area contributed by atoms with Crippen LogP contribution >= 0.6 is 0 Å². The van der Waals surface area contributed by atoms with E-state index < -0.39 is 0 Å². The molecule has 1 fully saturated rings. The molecular formula is C9H14N2O. The van der Waals surface area contributed by atoms with Gasteiger partial charge in [0.2, 0.25) is 5.91 Å². The molecular weight excluding hydrogens is 152 g/mol. The smallest absolute Gasteiger partial charge is 0.229 e. The first-order chi connectivity index (χ1) is 5.83. The Morgan fingerprint density at radius 2 is 2.50 bits per heavy atom. The zero-order valence-electron chi connectivity index (χ0n) is 7.26. The fourth-order valence-electron chi connectivity index (χ4n) is 2.02. The average molecular weight is 166 g/mol. The van der Waals surface area contributed by atoms with Gasteiger partial charge in [-0.3, -0.25) is 4.79 Å². The van der Waals surface area contributed by atoms with Gasteiger partial charge in [-0.2, -0.15) is 0 Å². The molecule has 0 unspecified atom stereocenters. The third-order valence-electron chi connectivity index (χ3n) is 2.60. The van der Waals surface area contributed by atoms with Crippen molar-refractivity contribution in [2.75, 3.05) is 6.54 Å².